The maximum atomic E-state index is 12.5. The molecule has 5 atom stereocenters. The second-order valence-electron chi connectivity index (χ2n) is 7.12. The highest BCUT2D eigenvalue weighted by Gasteiger charge is 2.50. The van der Waals surface area contributed by atoms with Crippen molar-refractivity contribution in [3.8, 4) is 0 Å². The molecular weight excluding hydrogens is 356 g/mol. The highest BCUT2D eigenvalue weighted by atomic mass is 16.3. The third kappa shape index (κ3) is 3.30. The van der Waals surface area contributed by atoms with Crippen LogP contribution in [0, 0.1) is 5.92 Å². The van der Waals surface area contributed by atoms with E-state index in [1.54, 1.807) is 35.5 Å². The summed E-state index contributed by atoms with van der Waals surface area (Å²) in [6, 6.07) is 13.8. The Balaban J connectivity index is 1.67. The number of imide groups is 1. The van der Waals surface area contributed by atoms with Gasteiger partial charge >= 0.3 is 0 Å². The molecule has 0 spiro atoms. The number of nitrogens with one attached hydrogen (secondary N) is 2. The second-order valence-corrected chi connectivity index (χ2v) is 7.12. The Morgan fingerprint density at radius 3 is 2.54 bits per heavy atom. The number of nitrogens with zero attached hydrogens (tertiary/aromatic N) is 2. The zero-order valence-electron chi connectivity index (χ0n) is 15.4. The van der Waals surface area contributed by atoms with Crippen LogP contribution in [0.2, 0.25) is 0 Å². The Kier molecular flexibility index (Phi) is 4.93. The predicted molar refractivity (Wildman–Crippen MR) is 104 cm³/mol. The number of hydrogen-bond acceptors (Lipinski definition) is 6. The van der Waals surface area contributed by atoms with Crippen molar-refractivity contribution < 1.29 is 14.7 Å². The molecule has 1 aromatic heterocycles. The van der Waals surface area contributed by atoms with Crippen molar-refractivity contribution in [1.82, 2.24) is 15.3 Å². The van der Waals surface area contributed by atoms with E-state index in [1.807, 2.05) is 43.3 Å². The molecule has 2 aromatic rings. The van der Waals surface area contributed by atoms with Crippen LogP contribution in [0.1, 0.15) is 18.4 Å². The Morgan fingerprint density at radius 2 is 1.82 bits per heavy atom. The molecule has 0 saturated carbocycles. The zero-order chi connectivity index (χ0) is 19.7. The average Bonchev–Trinajstić information content (AvgIpc) is 3.02. The summed E-state index contributed by atoms with van der Waals surface area (Å²) in [5.41, 5.74) is 4.13. The fraction of sp³-hybridized carbons (Fsp3) is 0.286. The number of aliphatic hydroxyl groups excluding tert-OH is 1. The van der Waals surface area contributed by atoms with Crippen molar-refractivity contribution in [2.75, 3.05) is 5.43 Å². The quantitative estimate of drug-likeness (QED) is 0.539. The first-order valence-corrected chi connectivity index (χ1v) is 9.28. The summed E-state index contributed by atoms with van der Waals surface area (Å²) in [6.45, 7) is 1.94. The monoisotopic (exact) mass is 378 g/mol. The molecule has 3 heterocycles. The third-order valence-corrected chi connectivity index (χ3v) is 5.39. The van der Waals surface area contributed by atoms with E-state index in [4.69, 9.17) is 0 Å². The summed E-state index contributed by atoms with van der Waals surface area (Å²) in [6.07, 6.45) is 4.34. The van der Waals surface area contributed by atoms with Gasteiger partial charge in [-0.25, -0.2) is 4.98 Å². The van der Waals surface area contributed by atoms with Gasteiger partial charge in [-0.15, -0.1) is 0 Å². The molecule has 144 valence electrons. The number of rotatable bonds is 5. The summed E-state index contributed by atoms with van der Waals surface area (Å²) in [7, 11) is 0. The molecule has 2 amide bonds. The summed E-state index contributed by atoms with van der Waals surface area (Å²) in [5, 5.41) is 15.2. The number of benzene rings is 1. The molecule has 7 heteroatoms. The number of pyridine rings is 1. The van der Waals surface area contributed by atoms with Crippen molar-refractivity contribution >= 4 is 17.6 Å². The van der Waals surface area contributed by atoms with Crippen LogP contribution < -0.4 is 10.7 Å². The van der Waals surface area contributed by atoms with Gasteiger partial charge in [-0.2, -0.15) is 5.01 Å². The topological polar surface area (TPSA) is 94.6 Å². The van der Waals surface area contributed by atoms with Gasteiger partial charge in [-0.05, 0) is 17.7 Å². The minimum atomic E-state index is -0.806. The van der Waals surface area contributed by atoms with E-state index in [0.29, 0.717) is 5.82 Å². The molecule has 1 aromatic carbocycles. The molecule has 28 heavy (non-hydrogen) atoms. The Morgan fingerprint density at radius 1 is 1.07 bits per heavy atom. The zero-order valence-corrected chi connectivity index (χ0v) is 15.4. The summed E-state index contributed by atoms with van der Waals surface area (Å²) in [5.74, 6) is -0.955. The van der Waals surface area contributed by atoms with E-state index >= 15 is 0 Å². The van der Waals surface area contributed by atoms with E-state index in [2.05, 4.69) is 15.7 Å². The van der Waals surface area contributed by atoms with Gasteiger partial charge in [0.1, 0.15) is 11.9 Å². The highest BCUT2D eigenvalue weighted by molar-refractivity contribution is 6.08. The highest BCUT2D eigenvalue weighted by Crippen LogP contribution is 2.32. The lowest BCUT2D eigenvalue weighted by Crippen LogP contribution is -2.58. The normalized spacial score (nSPS) is 26.4. The van der Waals surface area contributed by atoms with E-state index in [-0.39, 0.29) is 17.7 Å². The van der Waals surface area contributed by atoms with E-state index in [9.17, 15) is 14.7 Å². The molecule has 0 radical (unpaired) electrons. The van der Waals surface area contributed by atoms with Crippen LogP contribution in [-0.4, -0.2) is 45.1 Å². The van der Waals surface area contributed by atoms with Crippen LogP contribution in [0.15, 0.2) is 66.9 Å². The van der Waals surface area contributed by atoms with Gasteiger partial charge in [0.05, 0.1) is 18.1 Å². The van der Waals surface area contributed by atoms with Crippen molar-refractivity contribution in [1.29, 1.82) is 0 Å². The molecule has 2 aliphatic rings. The van der Waals surface area contributed by atoms with Gasteiger partial charge < -0.3 is 10.5 Å². The lowest BCUT2D eigenvalue weighted by Gasteiger charge is -2.41. The number of fused-ring (bicyclic) bond motifs is 1. The predicted octanol–water partition coefficient (Wildman–Crippen LogP) is 1.45. The fourth-order valence-electron chi connectivity index (χ4n) is 3.82. The molecule has 3 N–H and O–H groups in total. The van der Waals surface area contributed by atoms with Crippen molar-refractivity contribution in [3.63, 3.8) is 0 Å². The SMILES string of the molecule is CC(c1ccccc1)C(O)C1C=CC2C(=O)NC(=O)C2N1Nc1ccccn1. The molecule has 1 saturated heterocycles. The maximum Gasteiger partial charge on any atom is 0.246 e. The molecule has 0 aliphatic carbocycles. The van der Waals surface area contributed by atoms with E-state index in [1.165, 1.54) is 0 Å². The number of aliphatic hydroxyl groups is 1. The Hall–Kier alpha value is -3.03. The van der Waals surface area contributed by atoms with Gasteiger partial charge in [0.25, 0.3) is 0 Å². The van der Waals surface area contributed by atoms with Crippen LogP contribution >= 0.6 is 0 Å². The van der Waals surface area contributed by atoms with Crippen molar-refractivity contribution in [2.45, 2.75) is 31.0 Å². The lowest BCUT2D eigenvalue weighted by molar-refractivity contribution is -0.126. The van der Waals surface area contributed by atoms with Gasteiger partial charge in [0.2, 0.25) is 11.8 Å². The lowest BCUT2D eigenvalue weighted by atomic mass is 9.86. The van der Waals surface area contributed by atoms with E-state index < -0.39 is 24.1 Å². The number of carbonyl (C=O) groups is 2. The molecule has 5 unspecified atom stereocenters. The molecule has 7 nitrogen and oxygen atoms in total. The molecule has 4 rings (SSSR count). The van der Waals surface area contributed by atoms with Gasteiger partial charge in [0, 0.05) is 12.1 Å². The first-order valence-electron chi connectivity index (χ1n) is 9.28. The van der Waals surface area contributed by atoms with Crippen molar-refractivity contribution in [3.05, 3.63) is 72.4 Å². The fourth-order valence-corrected chi connectivity index (χ4v) is 3.82. The molecule has 2 aliphatic heterocycles. The minimum Gasteiger partial charge on any atom is -0.390 e. The second kappa shape index (κ2) is 7.53. The Bertz CT molecular complexity index is 887. The molecular formula is C21H22N4O3. The number of anilines is 1. The van der Waals surface area contributed by atoms with Gasteiger partial charge in [0.15, 0.2) is 0 Å². The van der Waals surface area contributed by atoms with Gasteiger partial charge in [-0.1, -0.05) is 55.5 Å². The summed E-state index contributed by atoms with van der Waals surface area (Å²) in [4.78, 5) is 28.9. The van der Waals surface area contributed by atoms with Crippen LogP contribution in [0.3, 0.4) is 0 Å². The minimum absolute atomic E-state index is 0.180. The number of hydrogen-bond donors (Lipinski definition) is 3. The standard InChI is InChI=1S/C21H22N4O3/c1-13(14-7-3-2-4-8-14)19(26)16-11-10-15-18(21(28)23-20(15)27)25(16)24-17-9-5-6-12-22-17/h2-13,15-16,18-19,26H,1H3,(H,22,24)(H,23,27,28). The first kappa shape index (κ1) is 18.3. The number of hydrazine groups is 1. The summed E-state index contributed by atoms with van der Waals surface area (Å²) >= 11 is 0. The first-order chi connectivity index (χ1) is 13.6. The summed E-state index contributed by atoms with van der Waals surface area (Å²) < 4.78 is 0. The number of carbonyl (C=O) groups excluding carboxylic acids is 2. The number of aromatic nitrogens is 1. The van der Waals surface area contributed by atoms with Crippen LogP contribution in [0.4, 0.5) is 5.82 Å². The van der Waals surface area contributed by atoms with Crippen LogP contribution in [-0.2, 0) is 9.59 Å². The largest absolute Gasteiger partial charge is 0.390 e. The van der Waals surface area contributed by atoms with Gasteiger partial charge in [-0.3, -0.25) is 14.9 Å². The van der Waals surface area contributed by atoms with Crippen LogP contribution in [0.5, 0.6) is 0 Å². The van der Waals surface area contributed by atoms with Crippen molar-refractivity contribution in [2.24, 2.45) is 5.92 Å². The molecule has 0 bridgehead atoms. The Labute approximate surface area is 163 Å². The smallest absolute Gasteiger partial charge is 0.246 e. The van der Waals surface area contributed by atoms with Crippen LogP contribution in [0.25, 0.3) is 0 Å². The molecule has 1 fully saturated rings. The average molecular weight is 378 g/mol. The maximum absolute atomic E-state index is 12.5. The third-order valence-electron chi connectivity index (χ3n) is 5.39. The van der Waals surface area contributed by atoms with E-state index in [0.717, 1.165) is 5.56 Å². The number of amides is 2.